The SMILES string of the molecule is I/C(=C1/OC(=NCc2ccccc2)N2CCc3ccccc3C12)c1ccccc1. The summed E-state index contributed by atoms with van der Waals surface area (Å²) < 4.78 is 7.59. The normalized spacial score (nSPS) is 20.8. The predicted octanol–water partition coefficient (Wildman–Crippen LogP) is 5.98. The van der Waals surface area contributed by atoms with Crippen LogP contribution in [0.15, 0.2) is 95.7 Å². The Bertz CT molecular complexity index is 1080. The molecule has 1 fully saturated rings. The van der Waals surface area contributed by atoms with E-state index in [0.29, 0.717) is 6.54 Å². The number of amidine groups is 1. The Hall–Kier alpha value is -2.60. The average Bonchev–Trinajstić information content (AvgIpc) is 3.17. The summed E-state index contributed by atoms with van der Waals surface area (Å²) in [5.41, 5.74) is 5.09. The minimum absolute atomic E-state index is 0.0848. The van der Waals surface area contributed by atoms with Crippen molar-refractivity contribution in [1.82, 2.24) is 4.90 Å². The number of hydrogen-bond donors (Lipinski definition) is 0. The summed E-state index contributed by atoms with van der Waals surface area (Å²) >= 11 is 2.42. The number of hydrogen-bond acceptors (Lipinski definition) is 2. The van der Waals surface area contributed by atoms with E-state index < -0.39 is 0 Å². The van der Waals surface area contributed by atoms with Crippen LogP contribution in [0.5, 0.6) is 0 Å². The molecule has 3 aromatic rings. The van der Waals surface area contributed by atoms with Crippen LogP contribution in [-0.4, -0.2) is 17.5 Å². The van der Waals surface area contributed by atoms with Gasteiger partial charge in [0.05, 0.1) is 10.1 Å². The quantitative estimate of drug-likeness (QED) is 0.421. The molecule has 4 heteroatoms. The Kier molecular flexibility index (Phi) is 5.10. The van der Waals surface area contributed by atoms with Gasteiger partial charge >= 0.3 is 0 Å². The summed E-state index contributed by atoms with van der Waals surface area (Å²) in [5, 5.41) is 0. The van der Waals surface area contributed by atoms with Gasteiger partial charge in [0, 0.05) is 6.54 Å². The topological polar surface area (TPSA) is 24.8 Å². The van der Waals surface area contributed by atoms with Crippen LogP contribution in [0.2, 0.25) is 0 Å². The maximum atomic E-state index is 6.45. The molecule has 0 spiro atoms. The van der Waals surface area contributed by atoms with Crippen molar-refractivity contribution >= 4 is 32.2 Å². The van der Waals surface area contributed by atoms with Gasteiger partial charge in [-0.2, -0.15) is 0 Å². The van der Waals surface area contributed by atoms with Crippen LogP contribution in [0.3, 0.4) is 0 Å². The van der Waals surface area contributed by atoms with Crippen LogP contribution in [0.25, 0.3) is 3.58 Å². The summed E-state index contributed by atoms with van der Waals surface area (Å²) in [4.78, 5) is 7.18. The first kappa shape index (κ1) is 18.4. The van der Waals surface area contributed by atoms with E-state index in [-0.39, 0.29) is 6.04 Å². The van der Waals surface area contributed by atoms with Gasteiger partial charge in [0.15, 0.2) is 0 Å². The molecule has 0 aromatic heterocycles. The molecular formula is C25H21IN2O. The first-order valence-corrected chi connectivity index (χ1v) is 10.9. The second-order valence-corrected chi connectivity index (χ2v) is 8.35. The Morgan fingerprint density at radius 2 is 1.62 bits per heavy atom. The van der Waals surface area contributed by atoms with E-state index in [9.17, 15) is 0 Å². The highest BCUT2D eigenvalue weighted by molar-refractivity contribution is 14.1. The Balaban J connectivity index is 1.58. The first-order chi connectivity index (χ1) is 14.3. The smallest absolute Gasteiger partial charge is 0.293 e. The number of ether oxygens (including phenoxy) is 1. The summed E-state index contributed by atoms with van der Waals surface area (Å²) in [6, 6.07) is 30.3. The molecule has 29 heavy (non-hydrogen) atoms. The zero-order valence-electron chi connectivity index (χ0n) is 16.0. The molecule has 2 heterocycles. The number of benzene rings is 3. The molecule has 1 saturated heterocycles. The van der Waals surface area contributed by atoms with Gasteiger partial charge in [0.1, 0.15) is 11.8 Å². The highest BCUT2D eigenvalue weighted by atomic mass is 127. The van der Waals surface area contributed by atoms with Crippen LogP contribution in [0, 0.1) is 0 Å². The van der Waals surface area contributed by atoms with Crippen molar-refractivity contribution in [2.24, 2.45) is 4.99 Å². The van der Waals surface area contributed by atoms with E-state index in [2.05, 4.69) is 100 Å². The van der Waals surface area contributed by atoms with Gasteiger partial charge in [-0.25, -0.2) is 4.99 Å². The molecule has 0 saturated carbocycles. The number of aliphatic imine (C=N–C) groups is 1. The molecule has 0 bridgehead atoms. The second-order valence-electron chi connectivity index (χ2n) is 7.28. The summed E-state index contributed by atoms with van der Waals surface area (Å²) in [6.45, 7) is 1.54. The lowest BCUT2D eigenvalue weighted by molar-refractivity contribution is 0.357. The fraction of sp³-hybridized carbons (Fsp3) is 0.160. The molecule has 0 aliphatic carbocycles. The molecule has 3 aromatic carbocycles. The lowest BCUT2D eigenvalue weighted by Gasteiger charge is -2.30. The van der Waals surface area contributed by atoms with E-state index in [1.54, 1.807) is 0 Å². The van der Waals surface area contributed by atoms with Crippen molar-refractivity contribution in [3.8, 4) is 0 Å². The lowest BCUT2D eigenvalue weighted by Crippen LogP contribution is -2.34. The molecule has 0 radical (unpaired) electrons. The summed E-state index contributed by atoms with van der Waals surface area (Å²) in [5.74, 6) is 0.982. The van der Waals surface area contributed by atoms with Crippen LogP contribution in [-0.2, 0) is 17.7 Å². The van der Waals surface area contributed by atoms with Crippen molar-refractivity contribution in [2.45, 2.75) is 19.0 Å². The Morgan fingerprint density at radius 3 is 2.41 bits per heavy atom. The molecular weight excluding hydrogens is 471 g/mol. The molecule has 1 unspecified atom stereocenters. The minimum Gasteiger partial charge on any atom is -0.427 e. The molecule has 2 aliphatic rings. The van der Waals surface area contributed by atoms with Gasteiger partial charge in [-0.15, -0.1) is 0 Å². The van der Waals surface area contributed by atoms with E-state index in [0.717, 1.165) is 28.3 Å². The van der Waals surface area contributed by atoms with Crippen LogP contribution in [0.1, 0.15) is 28.3 Å². The third kappa shape index (κ3) is 3.57. The van der Waals surface area contributed by atoms with Crippen molar-refractivity contribution in [2.75, 3.05) is 6.54 Å². The minimum atomic E-state index is 0.0848. The summed E-state index contributed by atoms with van der Waals surface area (Å²) in [6.07, 6.45) is 1.01. The molecule has 5 rings (SSSR count). The number of rotatable bonds is 3. The highest BCUT2D eigenvalue weighted by Gasteiger charge is 2.42. The zero-order valence-corrected chi connectivity index (χ0v) is 18.1. The van der Waals surface area contributed by atoms with Gasteiger partial charge < -0.3 is 9.64 Å². The van der Waals surface area contributed by atoms with Crippen molar-refractivity contribution < 1.29 is 4.74 Å². The first-order valence-electron chi connectivity index (χ1n) is 9.87. The third-order valence-corrected chi connectivity index (χ3v) is 6.62. The van der Waals surface area contributed by atoms with Gasteiger partial charge in [0.25, 0.3) is 6.02 Å². The predicted molar refractivity (Wildman–Crippen MR) is 126 cm³/mol. The van der Waals surface area contributed by atoms with Crippen molar-refractivity contribution in [3.63, 3.8) is 0 Å². The second kappa shape index (κ2) is 8.03. The maximum absolute atomic E-state index is 6.45. The van der Waals surface area contributed by atoms with Crippen molar-refractivity contribution in [1.29, 1.82) is 0 Å². The average molecular weight is 492 g/mol. The molecule has 1 atom stereocenters. The Labute approximate surface area is 184 Å². The molecule has 3 nitrogen and oxygen atoms in total. The Morgan fingerprint density at radius 1 is 0.931 bits per heavy atom. The lowest BCUT2D eigenvalue weighted by atomic mass is 9.92. The maximum Gasteiger partial charge on any atom is 0.293 e. The van der Waals surface area contributed by atoms with Gasteiger partial charge in [-0.05, 0) is 51.3 Å². The largest absolute Gasteiger partial charge is 0.427 e. The third-order valence-electron chi connectivity index (χ3n) is 5.46. The van der Waals surface area contributed by atoms with E-state index in [1.807, 2.05) is 12.1 Å². The van der Waals surface area contributed by atoms with Crippen molar-refractivity contribution in [3.05, 3.63) is 113 Å². The molecule has 0 N–H and O–H groups in total. The fourth-order valence-corrected chi connectivity index (χ4v) is 4.79. The van der Waals surface area contributed by atoms with Crippen LogP contribution in [0.4, 0.5) is 0 Å². The molecule has 144 valence electrons. The fourth-order valence-electron chi connectivity index (χ4n) is 4.03. The van der Waals surface area contributed by atoms with E-state index in [4.69, 9.17) is 9.73 Å². The van der Waals surface area contributed by atoms with Gasteiger partial charge in [0.2, 0.25) is 0 Å². The standard InChI is InChI=1S/C25H21IN2O/c26-22(20-12-5-2-6-13-20)24-23-21-14-8-7-11-19(21)15-16-28(23)25(29-24)27-17-18-9-3-1-4-10-18/h1-14,23H,15-17H2/b24-22+,27-25?. The zero-order chi connectivity index (χ0) is 19.6. The number of halogens is 1. The number of fused-ring (bicyclic) bond motifs is 3. The van der Waals surface area contributed by atoms with E-state index >= 15 is 0 Å². The van der Waals surface area contributed by atoms with Crippen LogP contribution >= 0.6 is 22.6 Å². The van der Waals surface area contributed by atoms with Gasteiger partial charge in [-0.3, -0.25) is 0 Å². The molecule has 2 aliphatic heterocycles. The van der Waals surface area contributed by atoms with E-state index in [1.165, 1.54) is 22.3 Å². The van der Waals surface area contributed by atoms with Crippen LogP contribution < -0.4 is 0 Å². The van der Waals surface area contributed by atoms with Gasteiger partial charge in [-0.1, -0.05) is 84.9 Å². The molecule has 0 amide bonds. The monoisotopic (exact) mass is 492 g/mol. The highest BCUT2D eigenvalue weighted by Crippen LogP contribution is 2.45. The summed E-state index contributed by atoms with van der Waals surface area (Å²) in [7, 11) is 0. The number of nitrogens with zero attached hydrogens (tertiary/aromatic N) is 2.